The second-order valence-corrected chi connectivity index (χ2v) is 6.70. The second kappa shape index (κ2) is 6.15. The molecule has 3 nitrogen and oxygen atoms in total. The number of sulfone groups is 1. The van der Waals surface area contributed by atoms with Crippen molar-refractivity contribution in [1.29, 1.82) is 0 Å². The summed E-state index contributed by atoms with van der Waals surface area (Å²) >= 11 is 0. The maximum atomic E-state index is 13.1. The minimum absolute atomic E-state index is 0.0325. The molecule has 0 unspecified atom stereocenters. The quantitative estimate of drug-likeness (QED) is 0.921. The zero-order chi connectivity index (χ0) is 14.6. The number of nitrogens with two attached hydrogens (primary N) is 1. The molecule has 0 aromatic heterocycles. The first-order chi connectivity index (χ1) is 9.50. The molecule has 0 aliphatic rings. The first-order valence-electron chi connectivity index (χ1n) is 6.22. The van der Waals surface area contributed by atoms with Crippen LogP contribution in [0.1, 0.15) is 16.7 Å². The van der Waals surface area contributed by atoms with Gasteiger partial charge in [0.1, 0.15) is 5.82 Å². The molecule has 0 aliphatic carbocycles. The number of benzene rings is 2. The Labute approximate surface area is 118 Å². The number of rotatable bonds is 5. The molecule has 2 aromatic rings. The molecule has 0 saturated heterocycles. The SMILES string of the molecule is NCc1cc(F)ccc1CS(=O)(=O)Cc1ccccc1. The Hall–Kier alpha value is -1.72. The van der Waals surface area contributed by atoms with Crippen molar-refractivity contribution < 1.29 is 12.8 Å². The number of hydrogen-bond donors (Lipinski definition) is 1. The van der Waals surface area contributed by atoms with Gasteiger partial charge in [-0.25, -0.2) is 12.8 Å². The first-order valence-corrected chi connectivity index (χ1v) is 8.04. The van der Waals surface area contributed by atoms with Crippen LogP contribution in [0.4, 0.5) is 4.39 Å². The third-order valence-corrected chi connectivity index (χ3v) is 4.52. The Balaban J connectivity index is 2.20. The fourth-order valence-electron chi connectivity index (χ4n) is 2.04. The largest absolute Gasteiger partial charge is 0.326 e. The summed E-state index contributed by atoms with van der Waals surface area (Å²) in [5.41, 5.74) is 7.36. The Morgan fingerprint density at radius 3 is 2.30 bits per heavy atom. The van der Waals surface area contributed by atoms with E-state index < -0.39 is 15.7 Å². The molecule has 5 heteroatoms. The van der Waals surface area contributed by atoms with Crippen molar-refractivity contribution in [2.24, 2.45) is 5.73 Å². The molecule has 0 atom stereocenters. The topological polar surface area (TPSA) is 60.2 Å². The van der Waals surface area contributed by atoms with Gasteiger partial charge in [0.25, 0.3) is 0 Å². The van der Waals surface area contributed by atoms with Gasteiger partial charge in [-0.3, -0.25) is 0 Å². The van der Waals surface area contributed by atoms with Gasteiger partial charge in [0.2, 0.25) is 0 Å². The highest BCUT2D eigenvalue weighted by molar-refractivity contribution is 7.89. The van der Waals surface area contributed by atoms with E-state index in [0.29, 0.717) is 11.1 Å². The van der Waals surface area contributed by atoms with E-state index in [1.807, 2.05) is 6.07 Å². The minimum Gasteiger partial charge on any atom is -0.326 e. The molecule has 0 fully saturated rings. The van der Waals surface area contributed by atoms with Crippen LogP contribution in [0.3, 0.4) is 0 Å². The van der Waals surface area contributed by atoms with E-state index in [2.05, 4.69) is 0 Å². The van der Waals surface area contributed by atoms with Gasteiger partial charge in [0.15, 0.2) is 9.84 Å². The van der Waals surface area contributed by atoms with Crippen molar-refractivity contribution in [3.8, 4) is 0 Å². The summed E-state index contributed by atoms with van der Waals surface area (Å²) in [5, 5.41) is 0. The summed E-state index contributed by atoms with van der Waals surface area (Å²) in [4.78, 5) is 0. The summed E-state index contributed by atoms with van der Waals surface area (Å²) in [5.74, 6) is -0.570. The van der Waals surface area contributed by atoms with Crippen molar-refractivity contribution in [2.45, 2.75) is 18.1 Å². The lowest BCUT2D eigenvalue weighted by Crippen LogP contribution is -2.11. The van der Waals surface area contributed by atoms with Gasteiger partial charge in [-0.05, 0) is 28.8 Å². The minimum atomic E-state index is -3.31. The maximum Gasteiger partial charge on any atom is 0.158 e. The average Bonchev–Trinajstić information content (AvgIpc) is 2.41. The predicted molar refractivity (Wildman–Crippen MR) is 77.1 cm³/mol. The number of hydrogen-bond acceptors (Lipinski definition) is 3. The van der Waals surface area contributed by atoms with Crippen molar-refractivity contribution in [2.75, 3.05) is 0 Å². The molecule has 0 spiro atoms. The molecule has 0 bridgehead atoms. The van der Waals surface area contributed by atoms with Gasteiger partial charge in [-0.2, -0.15) is 0 Å². The third kappa shape index (κ3) is 3.88. The lowest BCUT2D eigenvalue weighted by atomic mass is 10.1. The molecule has 0 heterocycles. The summed E-state index contributed by atoms with van der Waals surface area (Å²) in [6.07, 6.45) is 0. The zero-order valence-corrected chi connectivity index (χ0v) is 11.7. The van der Waals surface area contributed by atoms with Gasteiger partial charge >= 0.3 is 0 Å². The van der Waals surface area contributed by atoms with Crippen LogP contribution >= 0.6 is 0 Å². The smallest absolute Gasteiger partial charge is 0.158 e. The lowest BCUT2D eigenvalue weighted by Gasteiger charge is -2.09. The molecule has 2 N–H and O–H groups in total. The summed E-state index contributed by atoms with van der Waals surface area (Å²) in [7, 11) is -3.31. The van der Waals surface area contributed by atoms with Crippen LogP contribution in [0, 0.1) is 5.82 Å². The van der Waals surface area contributed by atoms with Gasteiger partial charge in [-0.15, -0.1) is 0 Å². The van der Waals surface area contributed by atoms with Gasteiger partial charge < -0.3 is 5.73 Å². The van der Waals surface area contributed by atoms with Crippen LogP contribution < -0.4 is 5.73 Å². The second-order valence-electron chi connectivity index (χ2n) is 4.64. The van der Waals surface area contributed by atoms with Crippen molar-refractivity contribution in [1.82, 2.24) is 0 Å². The molecular formula is C15H16FNO2S. The monoisotopic (exact) mass is 293 g/mol. The molecule has 2 aromatic carbocycles. The van der Waals surface area contributed by atoms with E-state index in [1.54, 1.807) is 24.3 Å². The third-order valence-electron chi connectivity index (χ3n) is 2.99. The number of halogens is 1. The molecule has 2 rings (SSSR count). The zero-order valence-electron chi connectivity index (χ0n) is 10.9. The van der Waals surface area contributed by atoms with Crippen LogP contribution in [0.25, 0.3) is 0 Å². The Morgan fingerprint density at radius 2 is 1.65 bits per heavy atom. The van der Waals surface area contributed by atoms with Crippen molar-refractivity contribution >= 4 is 9.84 Å². The van der Waals surface area contributed by atoms with E-state index in [-0.39, 0.29) is 18.1 Å². The maximum absolute atomic E-state index is 13.1. The predicted octanol–water partition coefficient (Wildman–Crippen LogP) is 2.40. The molecule has 0 aliphatic heterocycles. The molecule has 0 amide bonds. The highest BCUT2D eigenvalue weighted by atomic mass is 32.2. The van der Waals surface area contributed by atoms with Gasteiger partial charge in [0.05, 0.1) is 11.5 Å². The van der Waals surface area contributed by atoms with Crippen LogP contribution in [0.15, 0.2) is 48.5 Å². The van der Waals surface area contributed by atoms with E-state index >= 15 is 0 Å². The molecule has 0 radical (unpaired) electrons. The van der Waals surface area contributed by atoms with E-state index in [9.17, 15) is 12.8 Å². The lowest BCUT2D eigenvalue weighted by molar-refractivity contribution is 0.593. The molecule has 106 valence electrons. The van der Waals surface area contributed by atoms with Gasteiger partial charge in [-0.1, -0.05) is 36.4 Å². The summed E-state index contributed by atoms with van der Waals surface area (Å²) in [6, 6.07) is 13.0. The van der Waals surface area contributed by atoms with E-state index in [0.717, 1.165) is 5.56 Å². The highest BCUT2D eigenvalue weighted by Gasteiger charge is 2.15. The van der Waals surface area contributed by atoms with E-state index in [4.69, 9.17) is 5.73 Å². The highest BCUT2D eigenvalue weighted by Crippen LogP contribution is 2.17. The summed E-state index contributed by atoms with van der Waals surface area (Å²) in [6.45, 7) is 0.119. The summed E-state index contributed by atoms with van der Waals surface area (Å²) < 4.78 is 37.5. The molecular weight excluding hydrogens is 277 g/mol. The van der Waals surface area contributed by atoms with Crippen LogP contribution in [0.5, 0.6) is 0 Å². The average molecular weight is 293 g/mol. The van der Waals surface area contributed by atoms with Gasteiger partial charge in [0, 0.05) is 6.54 Å². The Bertz CT molecular complexity index is 684. The molecule has 20 heavy (non-hydrogen) atoms. The fraction of sp³-hybridized carbons (Fsp3) is 0.200. The molecule has 0 saturated carbocycles. The normalized spacial score (nSPS) is 11.5. The fourth-order valence-corrected chi connectivity index (χ4v) is 3.60. The van der Waals surface area contributed by atoms with Crippen LogP contribution in [-0.4, -0.2) is 8.42 Å². The Kier molecular flexibility index (Phi) is 4.52. The van der Waals surface area contributed by atoms with Crippen LogP contribution in [0.2, 0.25) is 0 Å². The van der Waals surface area contributed by atoms with Crippen LogP contribution in [-0.2, 0) is 27.9 Å². The Morgan fingerprint density at radius 1 is 0.950 bits per heavy atom. The van der Waals surface area contributed by atoms with Crippen molar-refractivity contribution in [3.05, 3.63) is 71.0 Å². The standard InChI is InChI=1S/C15H16FNO2S/c16-15-7-6-13(14(8-15)9-17)11-20(18,19)10-12-4-2-1-3-5-12/h1-8H,9-11,17H2. The first kappa shape index (κ1) is 14.7. The van der Waals surface area contributed by atoms with Crippen molar-refractivity contribution in [3.63, 3.8) is 0 Å². The van der Waals surface area contributed by atoms with E-state index in [1.165, 1.54) is 18.2 Å².